The lowest BCUT2D eigenvalue weighted by Crippen LogP contribution is -2.32. The molecule has 3 heterocycles. The number of nitrogens with zero attached hydrogens (tertiary/aromatic N) is 2. The van der Waals surface area contributed by atoms with Gasteiger partial charge in [-0.2, -0.15) is 0 Å². The Labute approximate surface area is 104 Å². The quantitative estimate of drug-likeness (QED) is 0.892. The normalized spacial score (nSPS) is 32.2. The SMILES string of the molecule is Cc1csc(CN2C3CCC2C(C(=O)O)C3)n1. The van der Waals surface area contributed by atoms with Crippen LogP contribution in [-0.2, 0) is 11.3 Å². The van der Waals surface area contributed by atoms with Gasteiger partial charge < -0.3 is 5.11 Å². The molecule has 17 heavy (non-hydrogen) atoms. The number of carbonyl (C=O) groups is 1. The van der Waals surface area contributed by atoms with Crippen molar-refractivity contribution in [3.8, 4) is 0 Å². The molecule has 0 amide bonds. The highest BCUT2D eigenvalue weighted by atomic mass is 32.1. The summed E-state index contributed by atoms with van der Waals surface area (Å²) in [5.41, 5.74) is 1.06. The van der Waals surface area contributed by atoms with E-state index in [9.17, 15) is 9.90 Å². The number of aliphatic carboxylic acids is 1. The van der Waals surface area contributed by atoms with Crippen LogP contribution in [0.4, 0.5) is 0 Å². The van der Waals surface area contributed by atoms with E-state index in [0.717, 1.165) is 36.5 Å². The highest BCUT2D eigenvalue weighted by Crippen LogP contribution is 2.42. The minimum atomic E-state index is -0.627. The summed E-state index contributed by atoms with van der Waals surface area (Å²) in [4.78, 5) is 18.0. The van der Waals surface area contributed by atoms with Gasteiger partial charge in [-0.25, -0.2) is 4.98 Å². The van der Waals surface area contributed by atoms with E-state index in [0.29, 0.717) is 6.04 Å². The van der Waals surface area contributed by atoms with Gasteiger partial charge in [-0.3, -0.25) is 9.69 Å². The first-order valence-corrected chi connectivity index (χ1v) is 6.92. The molecule has 2 aliphatic heterocycles. The van der Waals surface area contributed by atoms with Crippen LogP contribution in [0, 0.1) is 12.8 Å². The van der Waals surface area contributed by atoms with Crippen molar-refractivity contribution in [1.82, 2.24) is 9.88 Å². The summed E-state index contributed by atoms with van der Waals surface area (Å²) in [6, 6.07) is 0.701. The van der Waals surface area contributed by atoms with Crippen LogP contribution in [0.5, 0.6) is 0 Å². The molecular weight excluding hydrogens is 236 g/mol. The zero-order chi connectivity index (χ0) is 12.0. The van der Waals surface area contributed by atoms with Gasteiger partial charge in [0.05, 0.1) is 12.5 Å². The Hall–Kier alpha value is -0.940. The Bertz CT molecular complexity index is 445. The second-order valence-corrected chi connectivity index (χ2v) is 5.98. The van der Waals surface area contributed by atoms with Crippen LogP contribution in [0.3, 0.4) is 0 Å². The molecule has 2 fully saturated rings. The first-order valence-electron chi connectivity index (χ1n) is 6.04. The molecule has 1 aromatic rings. The number of hydrogen-bond acceptors (Lipinski definition) is 4. The lowest BCUT2D eigenvalue weighted by atomic mass is 9.89. The standard InChI is InChI=1S/C12H16N2O2S/c1-7-6-17-11(13-7)5-14-8-2-3-10(14)9(4-8)12(15)16/h6,8-10H,2-5H2,1H3,(H,15,16). The molecule has 3 rings (SSSR count). The van der Waals surface area contributed by atoms with Gasteiger partial charge in [0.15, 0.2) is 0 Å². The molecule has 1 aromatic heterocycles. The average Bonchev–Trinajstić information content (AvgIpc) is 2.95. The van der Waals surface area contributed by atoms with Crippen LogP contribution in [-0.4, -0.2) is 33.0 Å². The van der Waals surface area contributed by atoms with Crippen molar-refractivity contribution in [2.75, 3.05) is 0 Å². The Morgan fingerprint density at radius 1 is 1.65 bits per heavy atom. The Balaban J connectivity index is 1.75. The molecule has 3 atom stereocenters. The molecule has 0 saturated carbocycles. The smallest absolute Gasteiger partial charge is 0.308 e. The number of carboxylic acid groups (broad SMARTS) is 1. The first-order chi connectivity index (χ1) is 8.15. The molecule has 2 aliphatic rings. The van der Waals surface area contributed by atoms with Crippen LogP contribution >= 0.6 is 11.3 Å². The number of thiazole rings is 1. The summed E-state index contributed by atoms with van der Waals surface area (Å²) in [6.07, 6.45) is 3.01. The van der Waals surface area contributed by atoms with Gasteiger partial charge >= 0.3 is 5.97 Å². The van der Waals surface area contributed by atoms with E-state index in [2.05, 4.69) is 15.3 Å². The van der Waals surface area contributed by atoms with E-state index in [4.69, 9.17) is 0 Å². The number of hydrogen-bond donors (Lipinski definition) is 1. The van der Waals surface area contributed by atoms with E-state index in [1.165, 1.54) is 0 Å². The topological polar surface area (TPSA) is 53.4 Å². The van der Waals surface area contributed by atoms with Crippen molar-refractivity contribution in [2.45, 2.75) is 44.8 Å². The van der Waals surface area contributed by atoms with Crippen LogP contribution in [0.15, 0.2) is 5.38 Å². The van der Waals surface area contributed by atoms with Crippen molar-refractivity contribution < 1.29 is 9.90 Å². The van der Waals surface area contributed by atoms with Crippen LogP contribution in [0.1, 0.15) is 30.0 Å². The third-order valence-electron chi connectivity index (χ3n) is 3.98. The van der Waals surface area contributed by atoms with E-state index in [-0.39, 0.29) is 12.0 Å². The van der Waals surface area contributed by atoms with Gasteiger partial charge in [0.2, 0.25) is 0 Å². The van der Waals surface area contributed by atoms with Gasteiger partial charge in [-0.1, -0.05) is 0 Å². The maximum atomic E-state index is 11.2. The fourth-order valence-corrected chi connectivity index (χ4v) is 4.02. The Kier molecular flexibility index (Phi) is 2.67. The summed E-state index contributed by atoms with van der Waals surface area (Å²) >= 11 is 1.68. The van der Waals surface area contributed by atoms with Crippen LogP contribution < -0.4 is 0 Å². The fourth-order valence-electron chi connectivity index (χ4n) is 3.24. The maximum Gasteiger partial charge on any atom is 0.308 e. The number of rotatable bonds is 3. The second-order valence-electron chi connectivity index (χ2n) is 5.03. The molecular formula is C12H16N2O2S. The molecule has 92 valence electrons. The molecule has 3 unspecified atom stereocenters. The fraction of sp³-hybridized carbons (Fsp3) is 0.667. The summed E-state index contributed by atoms with van der Waals surface area (Å²) in [7, 11) is 0. The van der Waals surface area contributed by atoms with E-state index >= 15 is 0 Å². The third kappa shape index (κ3) is 1.87. The molecule has 0 radical (unpaired) electrons. The molecule has 5 heteroatoms. The highest BCUT2D eigenvalue weighted by molar-refractivity contribution is 7.09. The maximum absolute atomic E-state index is 11.2. The number of fused-ring (bicyclic) bond motifs is 2. The number of aromatic nitrogens is 1. The zero-order valence-electron chi connectivity index (χ0n) is 9.80. The number of aryl methyl sites for hydroxylation is 1. The molecule has 0 spiro atoms. The molecule has 2 saturated heterocycles. The average molecular weight is 252 g/mol. The van der Waals surface area contributed by atoms with Gasteiger partial charge in [-0.05, 0) is 26.2 Å². The second kappa shape index (κ2) is 4.07. The van der Waals surface area contributed by atoms with E-state index in [1.807, 2.05) is 6.92 Å². The molecule has 4 nitrogen and oxygen atoms in total. The van der Waals surface area contributed by atoms with Gasteiger partial charge in [0.25, 0.3) is 0 Å². The third-order valence-corrected chi connectivity index (χ3v) is 4.93. The van der Waals surface area contributed by atoms with Crippen molar-refractivity contribution >= 4 is 17.3 Å². The van der Waals surface area contributed by atoms with Crippen molar-refractivity contribution in [2.24, 2.45) is 5.92 Å². The van der Waals surface area contributed by atoms with E-state index < -0.39 is 5.97 Å². The monoisotopic (exact) mass is 252 g/mol. The number of carboxylic acids is 1. The predicted molar refractivity (Wildman–Crippen MR) is 64.9 cm³/mol. The Morgan fingerprint density at radius 3 is 3.06 bits per heavy atom. The van der Waals surface area contributed by atoms with Crippen molar-refractivity contribution in [3.63, 3.8) is 0 Å². The summed E-state index contributed by atoms with van der Waals surface area (Å²) in [6.45, 7) is 2.83. The summed E-state index contributed by atoms with van der Waals surface area (Å²) in [5.74, 6) is -0.785. The first kappa shape index (κ1) is 11.2. The van der Waals surface area contributed by atoms with Crippen molar-refractivity contribution in [3.05, 3.63) is 16.1 Å². The highest BCUT2D eigenvalue weighted by Gasteiger charge is 2.49. The molecule has 0 aromatic carbocycles. The molecule has 0 aliphatic carbocycles. The molecule has 2 bridgehead atoms. The minimum absolute atomic E-state index is 0.158. The predicted octanol–water partition coefficient (Wildman–Crippen LogP) is 1.89. The summed E-state index contributed by atoms with van der Waals surface area (Å²) < 4.78 is 0. The lowest BCUT2D eigenvalue weighted by molar-refractivity contribution is -0.142. The van der Waals surface area contributed by atoms with Gasteiger partial charge in [0.1, 0.15) is 5.01 Å². The van der Waals surface area contributed by atoms with Gasteiger partial charge in [0, 0.05) is 23.2 Å². The van der Waals surface area contributed by atoms with Crippen LogP contribution in [0.2, 0.25) is 0 Å². The summed E-state index contributed by atoms with van der Waals surface area (Å²) in [5, 5.41) is 12.4. The largest absolute Gasteiger partial charge is 0.481 e. The molecule has 1 N–H and O–H groups in total. The van der Waals surface area contributed by atoms with Crippen molar-refractivity contribution in [1.29, 1.82) is 0 Å². The Morgan fingerprint density at radius 2 is 2.47 bits per heavy atom. The van der Waals surface area contributed by atoms with Gasteiger partial charge in [-0.15, -0.1) is 11.3 Å². The lowest BCUT2D eigenvalue weighted by Gasteiger charge is -2.21. The van der Waals surface area contributed by atoms with Crippen LogP contribution in [0.25, 0.3) is 0 Å². The minimum Gasteiger partial charge on any atom is -0.481 e. The van der Waals surface area contributed by atoms with E-state index in [1.54, 1.807) is 11.3 Å². The zero-order valence-corrected chi connectivity index (χ0v) is 10.6.